The molecular formula is C16H13ClN4O2. The third-order valence-electron chi connectivity index (χ3n) is 4.37. The Balaban J connectivity index is 1.81. The van der Waals surface area contributed by atoms with E-state index in [1.165, 1.54) is 0 Å². The average molecular weight is 329 g/mol. The van der Waals surface area contributed by atoms with Crippen LogP contribution in [0.4, 0.5) is 10.5 Å². The van der Waals surface area contributed by atoms with E-state index in [9.17, 15) is 10.1 Å². The van der Waals surface area contributed by atoms with Crippen molar-refractivity contribution in [2.75, 3.05) is 31.1 Å². The summed E-state index contributed by atoms with van der Waals surface area (Å²) in [6, 6.07) is 7.80. The quantitative estimate of drug-likeness (QED) is 0.804. The van der Waals surface area contributed by atoms with Crippen LogP contribution in [-0.2, 0) is 4.74 Å². The van der Waals surface area contributed by atoms with Crippen LogP contribution in [0.3, 0.4) is 0 Å². The van der Waals surface area contributed by atoms with Gasteiger partial charge >= 0.3 is 6.09 Å². The number of pyridine rings is 1. The third kappa shape index (κ3) is 2.16. The zero-order valence-electron chi connectivity index (χ0n) is 12.2. The highest BCUT2D eigenvalue weighted by atomic mass is 35.5. The molecule has 2 aromatic rings. The van der Waals surface area contributed by atoms with E-state index >= 15 is 0 Å². The molecule has 1 amide bonds. The van der Waals surface area contributed by atoms with Gasteiger partial charge < -0.3 is 9.64 Å². The molecule has 0 bridgehead atoms. The number of para-hydroxylation sites is 1. The third-order valence-corrected chi connectivity index (χ3v) is 4.68. The van der Waals surface area contributed by atoms with E-state index in [0.29, 0.717) is 42.3 Å². The monoisotopic (exact) mass is 328 g/mol. The van der Waals surface area contributed by atoms with Crippen LogP contribution < -0.4 is 4.90 Å². The van der Waals surface area contributed by atoms with Crippen molar-refractivity contribution in [1.82, 2.24) is 9.88 Å². The fraction of sp³-hybridized carbons (Fsp3) is 0.312. The Hall–Kier alpha value is -2.52. The molecule has 2 aliphatic heterocycles. The number of rotatable bonds is 1. The molecule has 4 rings (SSSR count). The first-order valence-corrected chi connectivity index (χ1v) is 7.72. The summed E-state index contributed by atoms with van der Waals surface area (Å²) >= 11 is 6.23. The summed E-state index contributed by atoms with van der Waals surface area (Å²) in [6.07, 6.45) is 1.31. The van der Waals surface area contributed by atoms with Crippen LogP contribution >= 0.6 is 11.6 Å². The van der Waals surface area contributed by atoms with Crippen molar-refractivity contribution in [2.24, 2.45) is 0 Å². The largest absolute Gasteiger partial charge is 0.447 e. The minimum Gasteiger partial charge on any atom is -0.447 e. The number of ether oxygens (including phenoxy) is 1. The Morgan fingerprint density at radius 1 is 1.39 bits per heavy atom. The molecular weight excluding hydrogens is 316 g/mol. The van der Waals surface area contributed by atoms with E-state index in [4.69, 9.17) is 16.3 Å². The van der Waals surface area contributed by atoms with Crippen molar-refractivity contribution in [2.45, 2.75) is 6.04 Å². The molecule has 3 heterocycles. The molecule has 116 valence electrons. The summed E-state index contributed by atoms with van der Waals surface area (Å²) in [5.41, 5.74) is 2.03. The first-order chi connectivity index (χ1) is 11.2. The standard InChI is InChI=1S/C16H13ClN4O2/c17-13-3-1-2-12-14(13)19-7-10(6-18)15(12)20-4-5-21-11(8-20)9-23-16(21)22/h1-3,7,11H,4-5,8-9H2. The summed E-state index contributed by atoms with van der Waals surface area (Å²) in [5.74, 6) is 0. The number of cyclic esters (lactones) is 1. The maximum absolute atomic E-state index is 11.6. The Morgan fingerprint density at radius 2 is 2.26 bits per heavy atom. The van der Waals surface area contributed by atoms with Crippen LogP contribution in [-0.4, -0.2) is 48.3 Å². The number of hydrogen-bond donors (Lipinski definition) is 0. The van der Waals surface area contributed by atoms with E-state index in [0.717, 1.165) is 11.1 Å². The lowest BCUT2D eigenvalue weighted by molar-refractivity contribution is 0.157. The molecule has 0 aliphatic carbocycles. The summed E-state index contributed by atoms with van der Waals surface area (Å²) < 4.78 is 5.11. The summed E-state index contributed by atoms with van der Waals surface area (Å²) in [4.78, 5) is 19.8. The van der Waals surface area contributed by atoms with Crippen LogP contribution in [0.5, 0.6) is 0 Å². The van der Waals surface area contributed by atoms with Crippen LogP contribution in [0.25, 0.3) is 10.9 Å². The van der Waals surface area contributed by atoms with Crippen molar-refractivity contribution in [1.29, 1.82) is 5.26 Å². The number of hydrogen-bond acceptors (Lipinski definition) is 5. The van der Waals surface area contributed by atoms with Crippen molar-refractivity contribution in [3.63, 3.8) is 0 Å². The number of carbonyl (C=O) groups is 1. The second-order valence-electron chi connectivity index (χ2n) is 5.64. The van der Waals surface area contributed by atoms with Gasteiger partial charge in [-0.15, -0.1) is 0 Å². The molecule has 1 aromatic heterocycles. The van der Waals surface area contributed by atoms with Gasteiger partial charge in [0.1, 0.15) is 12.7 Å². The fourth-order valence-corrected chi connectivity index (χ4v) is 3.51. The number of fused-ring (bicyclic) bond motifs is 2. The molecule has 0 N–H and O–H groups in total. The van der Waals surface area contributed by atoms with Gasteiger partial charge in [-0.05, 0) is 6.07 Å². The van der Waals surface area contributed by atoms with Crippen LogP contribution in [0.15, 0.2) is 24.4 Å². The van der Waals surface area contributed by atoms with Gasteiger partial charge in [0.25, 0.3) is 0 Å². The first kappa shape index (κ1) is 14.1. The Kier molecular flexibility index (Phi) is 3.24. The van der Waals surface area contributed by atoms with E-state index < -0.39 is 0 Å². The average Bonchev–Trinajstić information content (AvgIpc) is 2.94. The maximum atomic E-state index is 11.6. The normalized spacial score (nSPS) is 20.3. The number of benzene rings is 1. The highest BCUT2D eigenvalue weighted by molar-refractivity contribution is 6.35. The van der Waals surface area contributed by atoms with Gasteiger partial charge in [0.15, 0.2) is 0 Å². The number of nitrogens with zero attached hydrogens (tertiary/aromatic N) is 4. The van der Waals surface area contributed by atoms with Gasteiger partial charge in [-0.25, -0.2) is 4.79 Å². The van der Waals surface area contributed by atoms with Gasteiger partial charge in [0.2, 0.25) is 0 Å². The molecule has 2 fully saturated rings. The molecule has 6 nitrogen and oxygen atoms in total. The van der Waals surface area contributed by atoms with Gasteiger partial charge in [0, 0.05) is 31.2 Å². The van der Waals surface area contributed by atoms with E-state index in [1.54, 1.807) is 17.2 Å². The number of nitriles is 1. The van der Waals surface area contributed by atoms with Crippen molar-refractivity contribution < 1.29 is 9.53 Å². The SMILES string of the molecule is N#Cc1cnc2c(Cl)cccc2c1N1CCN2C(=O)OCC2C1. The van der Waals surface area contributed by atoms with Crippen molar-refractivity contribution in [3.05, 3.63) is 35.0 Å². The molecule has 1 aromatic carbocycles. The number of amides is 1. The number of halogens is 1. The molecule has 1 unspecified atom stereocenters. The molecule has 1 atom stereocenters. The maximum Gasteiger partial charge on any atom is 0.410 e. The molecule has 2 aliphatic rings. The smallest absolute Gasteiger partial charge is 0.410 e. The van der Waals surface area contributed by atoms with Crippen molar-refractivity contribution >= 4 is 34.3 Å². The van der Waals surface area contributed by atoms with Crippen LogP contribution in [0.1, 0.15) is 5.56 Å². The lowest BCUT2D eigenvalue weighted by Crippen LogP contribution is -2.52. The molecule has 0 radical (unpaired) electrons. The van der Waals surface area contributed by atoms with Crippen LogP contribution in [0.2, 0.25) is 5.02 Å². The summed E-state index contributed by atoms with van der Waals surface area (Å²) in [7, 11) is 0. The molecule has 7 heteroatoms. The minimum absolute atomic E-state index is 0.0187. The lowest BCUT2D eigenvalue weighted by Gasteiger charge is -2.37. The van der Waals surface area contributed by atoms with Gasteiger partial charge in [-0.2, -0.15) is 5.26 Å². The number of carbonyl (C=O) groups excluding carboxylic acids is 1. The second-order valence-corrected chi connectivity index (χ2v) is 6.05. The molecule has 0 spiro atoms. The second kappa shape index (κ2) is 5.28. The van der Waals surface area contributed by atoms with E-state index in [2.05, 4.69) is 16.0 Å². The topological polar surface area (TPSA) is 69.5 Å². The zero-order valence-corrected chi connectivity index (χ0v) is 13.0. The number of piperazine rings is 1. The first-order valence-electron chi connectivity index (χ1n) is 7.34. The Bertz CT molecular complexity index is 848. The van der Waals surface area contributed by atoms with E-state index in [1.807, 2.05) is 12.1 Å². The number of anilines is 1. The zero-order chi connectivity index (χ0) is 16.0. The van der Waals surface area contributed by atoms with E-state index in [-0.39, 0.29) is 12.1 Å². The van der Waals surface area contributed by atoms with Crippen molar-refractivity contribution in [3.8, 4) is 6.07 Å². The molecule has 23 heavy (non-hydrogen) atoms. The minimum atomic E-state index is -0.252. The lowest BCUT2D eigenvalue weighted by atomic mass is 10.1. The molecule has 0 saturated carbocycles. The predicted octanol–water partition coefficient (Wildman–Crippen LogP) is 2.40. The van der Waals surface area contributed by atoms with Gasteiger partial charge in [-0.1, -0.05) is 23.7 Å². The van der Waals surface area contributed by atoms with Gasteiger partial charge in [-0.3, -0.25) is 9.88 Å². The molecule has 2 saturated heterocycles. The Morgan fingerprint density at radius 3 is 3.09 bits per heavy atom. The highest BCUT2D eigenvalue weighted by Gasteiger charge is 2.38. The highest BCUT2D eigenvalue weighted by Crippen LogP contribution is 2.34. The number of aromatic nitrogens is 1. The van der Waals surface area contributed by atoms with Crippen LogP contribution in [0, 0.1) is 11.3 Å². The Labute approximate surface area is 137 Å². The predicted molar refractivity (Wildman–Crippen MR) is 85.5 cm³/mol. The fourth-order valence-electron chi connectivity index (χ4n) is 3.29. The summed E-state index contributed by atoms with van der Waals surface area (Å²) in [5, 5.41) is 10.9. The summed E-state index contributed by atoms with van der Waals surface area (Å²) in [6.45, 7) is 2.25. The van der Waals surface area contributed by atoms with Gasteiger partial charge in [0.05, 0.1) is 27.8 Å².